The van der Waals surface area contributed by atoms with E-state index in [1.165, 1.54) is 19.0 Å². The Morgan fingerprint density at radius 3 is 2.19 bits per heavy atom. The normalized spacial score (nSPS) is 17.8. The average molecular weight is 460 g/mol. The topological polar surface area (TPSA) is 109 Å². The number of amides is 2. The molecule has 186 valence electrons. The fraction of sp³-hybridized carbons (Fsp3) is 0.864. The largest absolute Gasteiger partial charge is 0.480 e. The minimum Gasteiger partial charge on any atom is -0.480 e. The van der Waals surface area contributed by atoms with Crippen molar-refractivity contribution in [3.8, 4) is 0 Å². The van der Waals surface area contributed by atoms with Gasteiger partial charge in [0.25, 0.3) is 0 Å². The summed E-state index contributed by atoms with van der Waals surface area (Å²) in [5.74, 6) is -1.66. The van der Waals surface area contributed by atoms with Gasteiger partial charge in [-0.05, 0) is 54.0 Å². The predicted molar refractivity (Wildman–Crippen MR) is 120 cm³/mol. The first-order chi connectivity index (χ1) is 14.8. The molecule has 0 saturated carbocycles. The van der Waals surface area contributed by atoms with E-state index < -0.39 is 41.8 Å². The van der Waals surface area contributed by atoms with Gasteiger partial charge in [-0.15, -0.1) is 0 Å². The maximum absolute atomic E-state index is 12.9. The van der Waals surface area contributed by atoms with E-state index in [4.69, 9.17) is 14.2 Å². The number of likely N-dealkylation sites (N-methyl/N-ethyl adjacent to an activating group) is 2. The molecule has 32 heavy (non-hydrogen) atoms. The third-order valence-corrected chi connectivity index (χ3v) is 5.44. The first-order valence-corrected chi connectivity index (χ1v) is 11.2. The quantitative estimate of drug-likeness (QED) is 0.465. The Kier molecular flexibility index (Phi) is 11.4. The van der Waals surface area contributed by atoms with Crippen molar-refractivity contribution >= 4 is 18.0 Å². The summed E-state index contributed by atoms with van der Waals surface area (Å²) in [6, 6.07) is -2.06. The highest BCUT2D eigenvalue weighted by atomic mass is 16.6. The van der Waals surface area contributed by atoms with E-state index in [9.17, 15) is 19.5 Å². The molecule has 0 bridgehead atoms. The molecule has 0 aliphatic carbocycles. The van der Waals surface area contributed by atoms with E-state index >= 15 is 0 Å². The van der Waals surface area contributed by atoms with Crippen LogP contribution in [0.2, 0.25) is 0 Å². The van der Waals surface area contributed by atoms with Gasteiger partial charge in [-0.25, -0.2) is 9.59 Å². The summed E-state index contributed by atoms with van der Waals surface area (Å²) < 4.78 is 16.4. The van der Waals surface area contributed by atoms with Crippen LogP contribution in [0.3, 0.4) is 0 Å². The third kappa shape index (κ3) is 9.30. The number of carbonyl (C=O) groups excluding carboxylic acids is 2. The molecule has 0 aromatic carbocycles. The van der Waals surface area contributed by atoms with Crippen molar-refractivity contribution in [1.82, 2.24) is 14.7 Å². The van der Waals surface area contributed by atoms with Crippen LogP contribution in [0, 0.1) is 0 Å². The van der Waals surface area contributed by atoms with Gasteiger partial charge in [0.1, 0.15) is 11.6 Å². The lowest BCUT2D eigenvalue weighted by Crippen LogP contribution is -2.55. The van der Waals surface area contributed by atoms with Crippen molar-refractivity contribution in [3.05, 3.63) is 0 Å². The molecule has 0 spiro atoms. The van der Waals surface area contributed by atoms with Gasteiger partial charge in [-0.2, -0.15) is 0 Å². The SMILES string of the molecule is C[C@H](C(=O)N(C)[C@H](C(=O)O)[C@@H](C)OCCCCN1CCOCC1)N(C)C(=O)OC(C)(C)C. The number of morpholine rings is 1. The third-order valence-electron chi connectivity index (χ3n) is 5.44. The summed E-state index contributed by atoms with van der Waals surface area (Å²) in [6.45, 7) is 13.1. The van der Waals surface area contributed by atoms with Crippen LogP contribution in [0.25, 0.3) is 0 Å². The molecule has 1 heterocycles. The number of hydrogen-bond donors (Lipinski definition) is 1. The van der Waals surface area contributed by atoms with Crippen LogP contribution in [-0.2, 0) is 23.8 Å². The van der Waals surface area contributed by atoms with Crippen molar-refractivity contribution in [1.29, 1.82) is 0 Å². The number of carboxylic acids is 1. The molecule has 1 N–H and O–H groups in total. The summed E-state index contributed by atoms with van der Waals surface area (Å²) in [5.41, 5.74) is -0.701. The van der Waals surface area contributed by atoms with Gasteiger partial charge in [-0.3, -0.25) is 14.6 Å². The van der Waals surface area contributed by atoms with E-state index in [1.807, 2.05) is 0 Å². The number of aliphatic carboxylic acids is 1. The zero-order valence-corrected chi connectivity index (χ0v) is 20.6. The van der Waals surface area contributed by atoms with Gasteiger partial charge < -0.3 is 24.2 Å². The molecule has 3 atom stereocenters. The highest BCUT2D eigenvalue weighted by molar-refractivity contribution is 5.89. The lowest BCUT2D eigenvalue weighted by Gasteiger charge is -2.34. The maximum atomic E-state index is 12.9. The zero-order chi connectivity index (χ0) is 24.5. The minimum absolute atomic E-state index is 0.407. The van der Waals surface area contributed by atoms with E-state index in [0.29, 0.717) is 6.61 Å². The molecular weight excluding hydrogens is 418 g/mol. The zero-order valence-electron chi connectivity index (χ0n) is 20.6. The Labute approximate surface area is 191 Å². The lowest BCUT2D eigenvalue weighted by atomic mass is 10.1. The summed E-state index contributed by atoms with van der Waals surface area (Å²) in [5, 5.41) is 9.72. The fourth-order valence-electron chi connectivity index (χ4n) is 3.39. The monoisotopic (exact) mass is 459 g/mol. The standard InChI is InChI=1S/C22H41N3O7/c1-16(23(6)21(29)32-22(3,4)5)19(26)24(7)18(20(27)28)17(2)31-13-9-8-10-25-11-14-30-15-12-25/h16-18H,8-15H2,1-7H3,(H,27,28)/t16-,17-,18+/m1/s1. The lowest BCUT2D eigenvalue weighted by molar-refractivity contribution is -0.157. The molecule has 0 aromatic rings. The molecule has 0 radical (unpaired) electrons. The Morgan fingerprint density at radius 1 is 1.06 bits per heavy atom. The fourth-order valence-corrected chi connectivity index (χ4v) is 3.39. The van der Waals surface area contributed by atoms with Crippen molar-refractivity contribution in [2.24, 2.45) is 0 Å². The number of unbranched alkanes of at least 4 members (excludes halogenated alkanes) is 1. The van der Waals surface area contributed by atoms with Crippen molar-refractivity contribution in [3.63, 3.8) is 0 Å². The highest BCUT2D eigenvalue weighted by Crippen LogP contribution is 2.15. The molecule has 0 aromatic heterocycles. The van der Waals surface area contributed by atoms with Crippen molar-refractivity contribution in [2.75, 3.05) is 53.6 Å². The number of carbonyl (C=O) groups is 3. The molecule has 0 unspecified atom stereocenters. The van der Waals surface area contributed by atoms with Crippen LogP contribution in [0.1, 0.15) is 47.5 Å². The van der Waals surface area contributed by atoms with Gasteiger partial charge in [0, 0.05) is 33.8 Å². The van der Waals surface area contributed by atoms with Crippen molar-refractivity contribution in [2.45, 2.75) is 71.2 Å². The van der Waals surface area contributed by atoms with Gasteiger partial charge in [0.15, 0.2) is 6.04 Å². The molecule has 1 saturated heterocycles. The van der Waals surface area contributed by atoms with Crippen LogP contribution in [0.4, 0.5) is 4.79 Å². The van der Waals surface area contributed by atoms with Crippen LogP contribution in [0.5, 0.6) is 0 Å². The number of rotatable bonds is 11. The highest BCUT2D eigenvalue weighted by Gasteiger charge is 2.37. The Hall–Kier alpha value is -1.91. The van der Waals surface area contributed by atoms with Crippen LogP contribution < -0.4 is 0 Å². The summed E-state index contributed by atoms with van der Waals surface area (Å²) in [4.78, 5) is 41.7. The second-order valence-corrected chi connectivity index (χ2v) is 9.24. The molecule has 1 rings (SSSR count). The van der Waals surface area contributed by atoms with E-state index in [2.05, 4.69) is 4.90 Å². The number of nitrogens with zero attached hydrogens (tertiary/aromatic N) is 3. The maximum Gasteiger partial charge on any atom is 0.410 e. The average Bonchev–Trinajstić information content (AvgIpc) is 2.71. The minimum atomic E-state index is -1.17. The van der Waals surface area contributed by atoms with Gasteiger partial charge >= 0.3 is 12.1 Å². The summed E-state index contributed by atoms with van der Waals surface area (Å²) in [6.07, 6.45) is 0.382. The van der Waals surface area contributed by atoms with Gasteiger partial charge in [-0.1, -0.05) is 0 Å². The second-order valence-electron chi connectivity index (χ2n) is 9.24. The number of ether oxygens (including phenoxy) is 3. The Bertz CT molecular complexity index is 617. The second kappa shape index (κ2) is 13.0. The molecule has 2 amide bonds. The van der Waals surface area contributed by atoms with Crippen molar-refractivity contribution < 1.29 is 33.7 Å². The van der Waals surface area contributed by atoms with E-state index in [0.717, 1.165) is 50.6 Å². The van der Waals surface area contributed by atoms with Crippen LogP contribution >= 0.6 is 0 Å². The van der Waals surface area contributed by atoms with Crippen LogP contribution in [-0.4, -0.2) is 115 Å². The van der Waals surface area contributed by atoms with E-state index in [1.54, 1.807) is 34.6 Å². The number of carboxylic acid groups (broad SMARTS) is 1. The predicted octanol–water partition coefficient (Wildman–Crippen LogP) is 1.67. The first kappa shape index (κ1) is 28.1. The molecule has 10 heteroatoms. The molecule has 1 aliphatic rings. The Balaban J connectivity index is 2.57. The number of hydrogen-bond acceptors (Lipinski definition) is 7. The molecular formula is C22H41N3O7. The van der Waals surface area contributed by atoms with Crippen LogP contribution in [0.15, 0.2) is 0 Å². The van der Waals surface area contributed by atoms with Gasteiger partial charge in [0.05, 0.1) is 19.3 Å². The summed E-state index contributed by atoms with van der Waals surface area (Å²) >= 11 is 0. The molecule has 1 fully saturated rings. The smallest absolute Gasteiger partial charge is 0.410 e. The van der Waals surface area contributed by atoms with E-state index in [-0.39, 0.29) is 0 Å². The van der Waals surface area contributed by atoms with Gasteiger partial charge in [0.2, 0.25) is 5.91 Å². The molecule has 1 aliphatic heterocycles. The summed E-state index contributed by atoms with van der Waals surface area (Å²) in [7, 11) is 2.87. The molecule has 10 nitrogen and oxygen atoms in total. The Morgan fingerprint density at radius 2 is 1.66 bits per heavy atom. The first-order valence-electron chi connectivity index (χ1n) is 11.2.